The molecule has 0 fully saturated rings. The van der Waals surface area contributed by atoms with Crippen LogP contribution in [0.15, 0.2) is 48.5 Å². The van der Waals surface area contributed by atoms with Crippen molar-refractivity contribution in [2.45, 2.75) is 110 Å². The van der Waals surface area contributed by atoms with Crippen molar-refractivity contribution in [1.29, 1.82) is 0 Å². The number of aromatic hydroxyl groups is 1. The van der Waals surface area contributed by atoms with Gasteiger partial charge in [0, 0.05) is 6.42 Å². The Hall–Kier alpha value is -3.22. The number of amides is 3. The molecule has 2 rings (SSSR count). The van der Waals surface area contributed by atoms with Gasteiger partial charge < -0.3 is 20.3 Å². The highest BCUT2D eigenvalue weighted by Crippen LogP contribution is 2.25. The second-order valence-corrected chi connectivity index (χ2v) is 10.5. The molecule has 0 atom stereocenters. The van der Waals surface area contributed by atoms with E-state index in [2.05, 4.69) is 6.92 Å². The van der Waals surface area contributed by atoms with Crippen LogP contribution in [0.1, 0.15) is 110 Å². The molecular weight excluding hydrogens is 504 g/mol. The Bertz CT molecular complexity index is 946. The second kappa shape index (κ2) is 20.7. The number of urea groups is 1. The first kappa shape index (κ1) is 33.0. The van der Waals surface area contributed by atoms with E-state index in [0.717, 1.165) is 24.2 Å². The number of phenolic OH excluding ortho intramolecular Hbond substituents is 1. The SMILES string of the molecule is CCCCCCCCCCCCCCCCCC(=O)N(CCOc1ccc(Oc2ccc(O)cc2)cc1)C(N)=O. The van der Waals surface area contributed by atoms with Crippen LogP contribution < -0.4 is 15.2 Å². The summed E-state index contributed by atoms with van der Waals surface area (Å²) in [4.78, 5) is 25.4. The zero-order valence-electron chi connectivity index (χ0n) is 24.5. The van der Waals surface area contributed by atoms with Crippen molar-refractivity contribution in [3.05, 3.63) is 48.5 Å². The van der Waals surface area contributed by atoms with Gasteiger partial charge in [-0.05, 0) is 55.0 Å². The fourth-order valence-corrected chi connectivity index (χ4v) is 4.65. The number of phenols is 1. The number of carbonyl (C=O) groups excluding carboxylic acids is 2. The Morgan fingerprint density at radius 2 is 1.10 bits per heavy atom. The molecule has 0 aliphatic rings. The highest BCUT2D eigenvalue weighted by atomic mass is 16.5. The minimum Gasteiger partial charge on any atom is -0.508 e. The number of hydrogen-bond acceptors (Lipinski definition) is 5. The normalized spacial score (nSPS) is 10.8. The third-order valence-electron chi connectivity index (χ3n) is 7.04. The van der Waals surface area contributed by atoms with Crippen LogP contribution in [0.5, 0.6) is 23.0 Å². The molecule has 0 aliphatic carbocycles. The van der Waals surface area contributed by atoms with Crippen molar-refractivity contribution in [2.24, 2.45) is 5.73 Å². The summed E-state index contributed by atoms with van der Waals surface area (Å²) in [7, 11) is 0. The molecule has 0 saturated heterocycles. The van der Waals surface area contributed by atoms with E-state index in [9.17, 15) is 14.7 Å². The summed E-state index contributed by atoms with van der Waals surface area (Å²) in [5, 5.41) is 9.36. The zero-order chi connectivity index (χ0) is 28.8. The molecule has 0 saturated carbocycles. The van der Waals surface area contributed by atoms with Crippen LogP contribution in [-0.2, 0) is 4.79 Å². The third kappa shape index (κ3) is 14.8. The minimum absolute atomic E-state index is 0.110. The maximum absolute atomic E-state index is 12.5. The highest BCUT2D eigenvalue weighted by Gasteiger charge is 2.18. The molecule has 3 amide bonds. The Morgan fingerprint density at radius 1 is 0.675 bits per heavy atom. The number of carbonyl (C=O) groups is 2. The molecule has 2 aromatic rings. The number of benzene rings is 2. The number of primary amides is 1. The fourth-order valence-electron chi connectivity index (χ4n) is 4.65. The van der Waals surface area contributed by atoms with Gasteiger partial charge in [0.15, 0.2) is 0 Å². The van der Waals surface area contributed by atoms with E-state index < -0.39 is 6.03 Å². The maximum Gasteiger partial charge on any atom is 0.321 e. The quantitative estimate of drug-likeness (QED) is 0.142. The van der Waals surface area contributed by atoms with Crippen molar-refractivity contribution in [1.82, 2.24) is 4.90 Å². The molecule has 2 aromatic carbocycles. The van der Waals surface area contributed by atoms with Gasteiger partial charge in [-0.1, -0.05) is 96.8 Å². The first-order valence-electron chi connectivity index (χ1n) is 15.3. The predicted octanol–water partition coefficient (Wildman–Crippen LogP) is 8.73. The number of nitrogens with zero attached hydrogens (tertiary/aromatic N) is 1. The summed E-state index contributed by atoms with van der Waals surface area (Å²) in [6.45, 7) is 2.53. The van der Waals surface area contributed by atoms with E-state index in [1.807, 2.05) is 0 Å². The van der Waals surface area contributed by atoms with Gasteiger partial charge in [0.2, 0.25) is 5.91 Å². The molecule has 3 N–H and O–H groups in total. The van der Waals surface area contributed by atoms with Gasteiger partial charge >= 0.3 is 6.03 Å². The average Bonchev–Trinajstić information content (AvgIpc) is 2.95. The minimum atomic E-state index is -0.743. The molecule has 0 unspecified atom stereocenters. The van der Waals surface area contributed by atoms with Crippen LogP contribution in [0.25, 0.3) is 0 Å². The molecule has 7 nitrogen and oxygen atoms in total. The molecule has 40 heavy (non-hydrogen) atoms. The monoisotopic (exact) mass is 554 g/mol. The Balaban J connectivity index is 1.51. The lowest BCUT2D eigenvalue weighted by molar-refractivity contribution is -0.128. The van der Waals surface area contributed by atoms with Gasteiger partial charge in [-0.25, -0.2) is 4.79 Å². The van der Waals surface area contributed by atoms with E-state index in [1.54, 1.807) is 48.5 Å². The van der Waals surface area contributed by atoms with Crippen LogP contribution in [0.2, 0.25) is 0 Å². The van der Waals surface area contributed by atoms with Gasteiger partial charge in [0.1, 0.15) is 29.6 Å². The zero-order valence-corrected chi connectivity index (χ0v) is 24.5. The number of imide groups is 1. The van der Waals surface area contributed by atoms with Crippen molar-refractivity contribution in [3.63, 3.8) is 0 Å². The molecule has 0 aliphatic heterocycles. The number of rotatable bonds is 22. The molecule has 222 valence electrons. The van der Waals surface area contributed by atoms with Crippen molar-refractivity contribution < 1.29 is 24.2 Å². The fraction of sp³-hybridized carbons (Fsp3) is 0.576. The lowest BCUT2D eigenvalue weighted by atomic mass is 10.0. The number of nitrogens with two attached hydrogens (primary N) is 1. The summed E-state index contributed by atoms with van der Waals surface area (Å²) in [5.74, 6) is 1.75. The largest absolute Gasteiger partial charge is 0.508 e. The van der Waals surface area contributed by atoms with Gasteiger partial charge in [0.05, 0.1) is 6.54 Å². The lowest BCUT2D eigenvalue weighted by Gasteiger charge is -2.19. The highest BCUT2D eigenvalue weighted by molar-refractivity contribution is 5.93. The molecule has 0 heterocycles. The summed E-state index contributed by atoms with van der Waals surface area (Å²) < 4.78 is 11.4. The van der Waals surface area contributed by atoms with Crippen molar-refractivity contribution >= 4 is 11.9 Å². The van der Waals surface area contributed by atoms with E-state index in [-0.39, 0.29) is 24.8 Å². The summed E-state index contributed by atoms with van der Waals surface area (Å²) in [6.07, 6.45) is 19.3. The predicted molar refractivity (Wildman–Crippen MR) is 161 cm³/mol. The average molecular weight is 555 g/mol. The third-order valence-corrected chi connectivity index (χ3v) is 7.04. The van der Waals surface area contributed by atoms with Gasteiger partial charge in [-0.15, -0.1) is 0 Å². The molecule has 0 spiro atoms. The van der Waals surface area contributed by atoms with Crippen LogP contribution in [-0.4, -0.2) is 35.1 Å². The van der Waals surface area contributed by atoms with E-state index in [0.29, 0.717) is 23.7 Å². The van der Waals surface area contributed by atoms with E-state index >= 15 is 0 Å². The number of ether oxygens (including phenoxy) is 2. The van der Waals surface area contributed by atoms with Crippen LogP contribution in [0.3, 0.4) is 0 Å². The summed E-state index contributed by atoms with van der Waals surface area (Å²) in [6, 6.07) is 12.7. The van der Waals surface area contributed by atoms with Crippen LogP contribution in [0, 0.1) is 0 Å². The maximum atomic E-state index is 12.5. The number of hydrogen-bond donors (Lipinski definition) is 2. The first-order valence-corrected chi connectivity index (χ1v) is 15.3. The second-order valence-electron chi connectivity index (χ2n) is 10.5. The smallest absolute Gasteiger partial charge is 0.321 e. The van der Waals surface area contributed by atoms with Gasteiger partial charge in [-0.2, -0.15) is 0 Å². The van der Waals surface area contributed by atoms with Crippen molar-refractivity contribution in [3.8, 4) is 23.0 Å². The van der Waals surface area contributed by atoms with Crippen LogP contribution in [0.4, 0.5) is 4.79 Å². The van der Waals surface area contributed by atoms with Gasteiger partial charge in [0.25, 0.3) is 0 Å². The van der Waals surface area contributed by atoms with E-state index in [4.69, 9.17) is 15.2 Å². The summed E-state index contributed by atoms with van der Waals surface area (Å²) >= 11 is 0. The van der Waals surface area contributed by atoms with Gasteiger partial charge in [-0.3, -0.25) is 9.69 Å². The molecule has 0 aromatic heterocycles. The Kier molecular flexibility index (Phi) is 17.0. The standard InChI is InChI=1S/C33H50N2O5/c1-2-3-4-5-6-7-8-9-10-11-12-13-14-15-16-17-32(37)35(33(34)38)26-27-39-29-22-24-31(25-23-29)40-30-20-18-28(36)19-21-30/h18-25,36H,2-17,26-27H2,1H3,(H2,34,38). The topological polar surface area (TPSA) is 102 Å². The number of unbranched alkanes of at least 4 members (excludes halogenated alkanes) is 14. The van der Waals surface area contributed by atoms with Crippen LogP contribution >= 0.6 is 0 Å². The lowest BCUT2D eigenvalue weighted by Crippen LogP contribution is -2.42. The summed E-state index contributed by atoms with van der Waals surface area (Å²) in [5.41, 5.74) is 5.45. The Labute approximate surface area is 241 Å². The van der Waals surface area contributed by atoms with E-state index in [1.165, 1.54) is 77.0 Å². The molecule has 0 bridgehead atoms. The molecular formula is C33H50N2O5. The Morgan fingerprint density at radius 3 is 1.57 bits per heavy atom. The van der Waals surface area contributed by atoms with Crippen molar-refractivity contribution in [2.75, 3.05) is 13.2 Å². The molecule has 7 heteroatoms. The molecule has 0 radical (unpaired) electrons. The first-order chi connectivity index (χ1) is 19.5.